The molecule has 64 valence electrons. The number of hydrogen-bond donors (Lipinski definition) is 0. The first kappa shape index (κ1) is 6.23. The molecule has 0 aromatic carbocycles. The number of rotatable bonds is 0. The molecule has 12 heavy (non-hydrogen) atoms. The van der Waals surface area contributed by atoms with Crippen molar-refractivity contribution in [3.8, 4) is 0 Å². The first-order chi connectivity index (χ1) is 5.93. The molecule has 0 radical (unpaired) electrons. The van der Waals surface area contributed by atoms with Crippen LogP contribution in [0, 0.1) is 35.5 Å². The second-order valence-electron chi connectivity index (χ2n) is 5.44. The van der Waals surface area contributed by atoms with Gasteiger partial charge in [-0.2, -0.15) is 0 Å². The third-order valence-corrected chi connectivity index (χ3v) is 5.19. The van der Waals surface area contributed by atoms with Crippen LogP contribution < -0.4 is 0 Å². The van der Waals surface area contributed by atoms with E-state index in [1.807, 2.05) is 0 Å². The Morgan fingerprint density at radius 2 is 1.33 bits per heavy atom. The summed E-state index contributed by atoms with van der Waals surface area (Å²) in [5.74, 6) is 6.66. The largest absolute Gasteiger partial charge is 0.0848 e. The van der Waals surface area contributed by atoms with Crippen molar-refractivity contribution in [3.63, 3.8) is 0 Å². The van der Waals surface area contributed by atoms with E-state index in [9.17, 15) is 0 Å². The predicted molar refractivity (Wildman–Crippen MR) is 48.5 cm³/mol. The highest BCUT2D eigenvalue weighted by atomic mass is 14.6. The quantitative estimate of drug-likeness (QED) is 0.377. The smallest absolute Gasteiger partial charge is 0.0194 e. The molecule has 4 aliphatic rings. The summed E-state index contributed by atoms with van der Waals surface area (Å²) in [4.78, 5) is 0. The molecule has 0 unspecified atom stereocenters. The Hall–Kier alpha value is -0.260. The van der Waals surface area contributed by atoms with E-state index < -0.39 is 0 Å². The van der Waals surface area contributed by atoms with E-state index in [1.54, 1.807) is 19.3 Å². The summed E-state index contributed by atoms with van der Waals surface area (Å²) >= 11 is 0. The Morgan fingerprint density at radius 3 is 1.92 bits per heavy atom. The first-order valence-electron chi connectivity index (χ1n) is 5.62. The molecule has 0 aromatic rings. The zero-order chi connectivity index (χ0) is 7.71. The van der Waals surface area contributed by atoms with Crippen LogP contribution >= 0.6 is 0 Å². The second kappa shape index (κ2) is 1.81. The fourth-order valence-electron chi connectivity index (χ4n) is 4.98. The average Bonchev–Trinajstić information content (AvgIpc) is 2.83. The zero-order valence-corrected chi connectivity index (χ0v) is 7.45. The fraction of sp³-hybridized carbons (Fsp3) is 0.833. The summed E-state index contributed by atoms with van der Waals surface area (Å²) in [7, 11) is 0. The van der Waals surface area contributed by atoms with Crippen molar-refractivity contribution >= 4 is 0 Å². The van der Waals surface area contributed by atoms with Crippen molar-refractivity contribution < 1.29 is 0 Å². The van der Waals surface area contributed by atoms with Gasteiger partial charge in [-0.25, -0.2) is 0 Å². The van der Waals surface area contributed by atoms with Crippen molar-refractivity contribution in [3.05, 3.63) is 12.2 Å². The molecule has 0 N–H and O–H groups in total. The number of fused-ring (bicyclic) bond motifs is 9. The van der Waals surface area contributed by atoms with Crippen LogP contribution in [-0.2, 0) is 0 Å². The van der Waals surface area contributed by atoms with E-state index >= 15 is 0 Å². The van der Waals surface area contributed by atoms with Crippen molar-refractivity contribution in [1.29, 1.82) is 0 Å². The molecule has 4 aliphatic carbocycles. The van der Waals surface area contributed by atoms with Gasteiger partial charge in [0.2, 0.25) is 0 Å². The normalized spacial score (nSPS) is 64.7. The van der Waals surface area contributed by atoms with Gasteiger partial charge in [0.15, 0.2) is 0 Å². The second-order valence-corrected chi connectivity index (χ2v) is 5.44. The van der Waals surface area contributed by atoms with E-state index in [0.717, 1.165) is 35.5 Å². The van der Waals surface area contributed by atoms with Gasteiger partial charge in [0.1, 0.15) is 0 Å². The summed E-state index contributed by atoms with van der Waals surface area (Å²) in [6.45, 7) is 0. The Balaban J connectivity index is 1.82. The summed E-state index contributed by atoms with van der Waals surface area (Å²) in [5.41, 5.74) is 0. The van der Waals surface area contributed by atoms with Crippen LogP contribution in [0.1, 0.15) is 25.7 Å². The van der Waals surface area contributed by atoms with Crippen LogP contribution in [0.4, 0.5) is 0 Å². The Bertz CT molecular complexity index is 229. The van der Waals surface area contributed by atoms with E-state index in [0.29, 0.717) is 0 Å². The third kappa shape index (κ3) is 0.522. The van der Waals surface area contributed by atoms with E-state index in [2.05, 4.69) is 12.2 Å². The molecule has 0 saturated heterocycles. The van der Waals surface area contributed by atoms with Crippen molar-refractivity contribution in [2.24, 2.45) is 35.5 Å². The maximum Gasteiger partial charge on any atom is -0.0194 e. The third-order valence-electron chi connectivity index (χ3n) is 5.19. The maximum atomic E-state index is 2.53. The fourth-order valence-corrected chi connectivity index (χ4v) is 4.98. The maximum absolute atomic E-state index is 2.53. The highest BCUT2D eigenvalue weighted by Gasteiger charge is 2.57. The minimum atomic E-state index is 1.02. The van der Waals surface area contributed by atoms with Gasteiger partial charge in [-0.3, -0.25) is 0 Å². The minimum Gasteiger partial charge on any atom is -0.0848 e. The van der Waals surface area contributed by atoms with Gasteiger partial charge in [-0.15, -0.1) is 0 Å². The van der Waals surface area contributed by atoms with Gasteiger partial charge in [0, 0.05) is 0 Å². The molecule has 0 heteroatoms. The van der Waals surface area contributed by atoms with Crippen molar-refractivity contribution in [1.82, 2.24) is 0 Å². The van der Waals surface area contributed by atoms with E-state index in [1.165, 1.54) is 6.42 Å². The highest BCUT2D eigenvalue weighted by molar-refractivity contribution is 5.19. The SMILES string of the molecule is C1=C[C@H]2C[C@@H]1[C@@H]1[C@@H]3CC[C@@H](C3)[C@@H]12. The van der Waals surface area contributed by atoms with Crippen LogP contribution in [0.25, 0.3) is 0 Å². The molecule has 0 nitrogen and oxygen atoms in total. The first-order valence-corrected chi connectivity index (χ1v) is 5.62. The molecule has 0 amide bonds. The minimum absolute atomic E-state index is 1.02. The van der Waals surface area contributed by atoms with Gasteiger partial charge in [-0.05, 0) is 61.2 Å². The molecule has 0 spiro atoms. The molecule has 0 heterocycles. The summed E-state index contributed by atoms with van der Waals surface area (Å²) in [5, 5.41) is 0. The Labute approximate surface area is 74.0 Å². The standard InChI is InChI=1S/C12H16/c1-2-8-5-7(1)11-9-3-4-10(6-9)12(8)11/h1-2,7-12H,3-6H2/t7-,8+,9-,10+,11-,12+. The Kier molecular flexibility index (Phi) is 0.939. The lowest BCUT2D eigenvalue weighted by molar-refractivity contribution is 0.206. The molecule has 4 bridgehead atoms. The summed E-state index contributed by atoms with van der Waals surface area (Å²) < 4.78 is 0. The van der Waals surface area contributed by atoms with E-state index in [4.69, 9.17) is 0 Å². The van der Waals surface area contributed by atoms with Crippen molar-refractivity contribution in [2.75, 3.05) is 0 Å². The van der Waals surface area contributed by atoms with Gasteiger partial charge >= 0.3 is 0 Å². The van der Waals surface area contributed by atoms with Gasteiger partial charge in [-0.1, -0.05) is 12.2 Å². The van der Waals surface area contributed by atoms with Crippen LogP contribution in [-0.4, -0.2) is 0 Å². The van der Waals surface area contributed by atoms with Gasteiger partial charge in [0.05, 0.1) is 0 Å². The molecule has 6 atom stereocenters. The predicted octanol–water partition coefficient (Wildman–Crippen LogP) is 2.85. The van der Waals surface area contributed by atoms with Crippen LogP contribution in [0.2, 0.25) is 0 Å². The zero-order valence-electron chi connectivity index (χ0n) is 7.45. The molecule has 3 fully saturated rings. The lowest BCUT2D eigenvalue weighted by Crippen LogP contribution is -2.25. The number of allylic oxidation sites excluding steroid dienone is 2. The van der Waals surface area contributed by atoms with Gasteiger partial charge in [0.25, 0.3) is 0 Å². The molecule has 4 rings (SSSR count). The molecule has 3 saturated carbocycles. The molecular weight excluding hydrogens is 144 g/mol. The van der Waals surface area contributed by atoms with Crippen molar-refractivity contribution in [2.45, 2.75) is 25.7 Å². The average molecular weight is 160 g/mol. The van der Waals surface area contributed by atoms with Crippen LogP contribution in [0.15, 0.2) is 12.2 Å². The molecule has 0 aliphatic heterocycles. The summed E-state index contributed by atoms with van der Waals surface area (Å²) in [6.07, 6.45) is 11.3. The topological polar surface area (TPSA) is 0 Å². The van der Waals surface area contributed by atoms with Gasteiger partial charge < -0.3 is 0 Å². The monoisotopic (exact) mass is 160 g/mol. The molecular formula is C12H16. The van der Waals surface area contributed by atoms with E-state index in [-0.39, 0.29) is 0 Å². The lowest BCUT2D eigenvalue weighted by atomic mass is 9.73. The van der Waals surface area contributed by atoms with Crippen LogP contribution in [0.3, 0.4) is 0 Å². The van der Waals surface area contributed by atoms with Crippen LogP contribution in [0.5, 0.6) is 0 Å². The highest BCUT2D eigenvalue weighted by Crippen LogP contribution is 2.65. The lowest BCUT2D eigenvalue weighted by Gasteiger charge is -2.31. The Morgan fingerprint density at radius 1 is 0.750 bits per heavy atom. The number of hydrogen-bond acceptors (Lipinski definition) is 0. The molecule has 0 aromatic heterocycles. The summed E-state index contributed by atoms with van der Waals surface area (Å²) in [6, 6.07) is 0.